The van der Waals surface area contributed by atoms with E-state index in [4.69, 9.17) is 4.42 Å². The lowest BCUT2D eigenvalue weighted by molar-refractivity contribution is 0.669. The average molecular weight is 273 g/mol. The van der Waals surface area contributed by atoms with Crippen molar-refractivity contribution < 1.29 is 4.42 Å². The van der Waals surface area contributed by atoms with Crippen molar-refractivity contribution in [2.75, 3.05) is 11.9 Å². The summed E-state index contributed by atoms with van der Waals surface area (Å²) in [7, 11) is 2.09. The highest BCUT2D eigenvalue weighted by atomic mass is 16.3. The molecule has 2 nitrogen and oxygen atoms in total. The van der Waals surface area contributed by atoms with Gasteiger partial charge in [0.2, 0.25) is 0 Å². The molecule has 0 bridgehead atoms. The smallest absolute Gasteiger partial charge is 0.137 e. The van der Waals surface area contributed by atoms with Crippen LogP contribution in [0.5, 0.6) is 0 Å². The fraction of sp³-hybridized carbons (Fsp3) is 0.0526. The molecular formula is C19H15NO. The van der Waals surface area contributed by atoms with E-state index in [9.17, 15) is 0 Å². The second-order valence-electron chi connectivity index (χ2n) is 5.14. The summed E-state index contributed by atoms with van der Waals surface area (Å²) in [5.41, 5.74) is 4.18. The van der Waals surface area contributed by atoms with Gasteiger partial charge in [-0.25, -0.2) is 0 Å². The highest BCUT2D eigenvalue weighted by molar-refractivity contribution is 6.12. The number of hydrogen-bond donors (Lipinski definition) is 0. The molecular weight excluding hydrogens is 258 g/mol. The second kappa shape index (κ2) is 4.67. The highest BCUT2D eigenvalue weighted by Gasteiger charge is 2.13. The minimum Gasteiger partial charge on any atom is -0.456 e. The quantitative estimate of drug-likeness (QED) is 0.489. The summed E-state index contributed by atoms with van der Waals surface area (Å²) < 4.78 is 5.95. The van der Waals surface area contributed by atoms with Gasteiger partial charge in [-0.15, -0.1) is 0 Å². The fourth-order valence-corrected chi connectivity index (χ4v) is 2.83. The summed E-state index contributed by atoms with van der Waals surface area (Å²) in [6, 6.07) is 24.8. The Morgan fingerprint density at radius 3 is 2.29 bits per heavy atom. The zero-order valence-electron chi connectivity index (χ0n) is 11.8. The van der Waals surface area contributed by atoms with Gasteiger partial charge < -0.3 is 9.32 Å². The van der Waals surface area contributed by atoms with Crippen molar-refractivity contribution in [1.82, 2.24) is 0 Å². The molecule has 1 heterocycles. The van der Waals surface area contributed by atoms with Crippen LogP contribution in [0.25, 0.3) is 21.9 Å². The molecule has 1 aromatic heterocycles. The van der Waals surface area contributed by atoms with Crippen LogP contribution in [0.3, 0.4) is 0 Å². The van der Waals surface area contributed by atoms with Gasteiger partial charge in [0, 0.05) is 18.1 Å². The molecule has 0 N–H and O–H groups in total. The fourth-order valence-electron chi connectivity index (χ4n) is 2.83. The number of furan rings is 1. The molecule has 21 heavy (non-hydrogen) atoms. The maximum absolute atomic E-state index is 5.95. The van der Waals surface area contributed by atoms with Gasteiger partial charge in [-0.2, -0.15) is 0 Å². The van der Waals surface area contributed by atoms with Crippen LogP contribution in [0.4, 0.5) is 11.4 Å². The maximum Gasteiger partial charge on any atom is 0.137 e. The zero-order valence-corrected chi connectivity index (χ0v) is 11.8. The van der Waals surface area contributed by atoms with Crippen LogP contribution < -0.4 is 4.90 Å². The molecule has 4 rings (SSSR count). The Morgan fingerprint density at radius 1 is 0.714 bits per heavy atom. The van der Waals surface area contributed by atoms with Crippen LogP contribution >= 0.6 is 0 Å². The van der Waals surface area contributed by atoms with E-state index in [-0.39, 0.29) is 0 Å². The number of hydrogen-bond acceptors (Lipinski definition) is 2. The standard InChI is InChI=1S/C19H15NO/c1-20(14-8-3-2-4-9-14)16-11-7-13-18-19(16)15-10-5-6-12-17(15)21-18/h2-13H,1H3. The first-order chi connectivity index (χ1) is 10.3. The monoisotopic (exact) mass is 273 g/mol. The van der Waals surface area contributed by atoms with Crippen molar-refractivity contribution in [2.24, 2.45) is 0 Å². The Labute approximate surface area is 123 Å². The van der Waals surface area contributed by atoms with Gasteiger partial charge in [0.1, 0.15) is 11.2 Å². The number of anilines is 2. The largest absolute Gasteiger partial charge is 0.456 e. The van der Waals surface area contributed by atoms with E-state index in [1.54, 1.807) is 0 Å². The number of benzene rings is 3. The minimum atomic E-state index is 0.927. The summed E-state index contributed by atoms with van der Waals surface area (Å²) in [5, 5.41) is 2.32. The molecule has 0 spiro atoms. The van der Waals surface area contributed by atoms with Crippen molar-refractivity contribution in [1.29, 1.82) is 0 Å². The molecule has 2 heteroatoms. The van der Waals surface area contributed by atoms with Crippen LogP contribution in [-0.4, -0.2) is 7.05 Å². The average Bonchev–Trinajstić information content (AvgIpc) is 2.93. The maximum atomic E-state index is 5.95. The topological polar surface area (TPSA) is 16.4 Å². The molecule has 102 valence electrons. The van der Waals surface area contributed by atoms with Crippen molar-refractivity contribution in [3.05, 3.63) is 72.8 Å². The van der Waals surface area contributed by atoms with Crippen LogP contribution in [0.1, 0.15) is 0 Å². The van der Waals surface area contributed by atoms with E-state index in [1.165, 1.54) is 5.39 Å². The lowest BCUT2D eigenvalue weighted by Gasteiger charge is -2.20. The molecule has 3 aromatic carbocycles. The van der Waals surface area contributed by atoms with Crippen molar-refractivity contribution >= 4 is 33.3 Å². The normalized spacial score (nSPS) is 11.1. The summed E-state index contributed by atoms with van der Waals surface area (Å²) in [6.07, 6.45) is 0. The molecule has 0 fully saturated rings. The lowest BCUT2D eigenvalue weighted by atomic mass is 10.1. The summed E-state index contributed by atoms with van der Waals surface area (Å²) in [5.74, 6) is 0. The van der Waals surface area contributed by atoms with Gasteiger partial charge in [-0.05, 0) is 30.3 Å². The number of rotatable bonds is 2. The number of nitrogens with zero attached hydrogens (tertiary/aromatic N) is 1. The Bertz CT molecular complexity index is 909. The molecule has 0 saturated heterocycles. The van der Waals surface area contributed by atoms with E-state index in [0.717, 1.165) is 27.9 Å². The lowest BCUT2D eigenvalue weighted by Crippen LogP contribution is -2.09. The second-order valence-corrected chi connectivity index (χ2v) is 5.14. The minimum absolute atomic E-state index is 0.927. The van der Waals surface area contributed by atoms with Crippen LogP contribution in [-0.2, 0) is 0 Å². The SMILES string of the molecule is CN(c1ccccc1)c1cccc2oc3ccccc3c12. The predicted molar refractivity (Wildman–Crippen MR) is 88.2 cm³/mol. The number of fused-ring (bicyclic) bond motifs is 3. The Balaban J connectivity index is 2.00. The van der Waals surface area contributed by atoms with Gasteiger partial charge in [-0.1, -0.05) is 42.5 Å². The number of para-hydroxylation sites is 2. The molecule has 0 aliphatic rings. The molecule has 0 aliphatic heterocycles. The zero-order chi connectivity index (χ0) is 14.2. The molecule has 0 amide bonds. The first-order valence-electron chi connectivity index (χ1n) is 7.03. The van der Waals surface area contributed by atoms with Crippen molar-refractivity contribution in [3.8, 4) is 0 Å². The van der Waals surface area contributed by atoms with Crippen molar-refractivity contribution in [2.45, 2.75) is 0 Å². The van der Waals surface area contributed by atoms with Crippen LogP contribution in [0.2, 0.25) is 0 Å². The molecule has 0 unspecified atom stereocenters. The Morgan fingerprint density at radius 2 is 1.43 bits per heavy atom. The van der Waals surface area contributed by atoms with E-state index in [0.29, 0.717) is 0 Å². The third kappa shape index (κ3) is 1.88. The predicted octanol–water partition coefficient (Wildman–Crippen LogP) is 5.35. The molecule has 0 radical (unpaired) electrons. The van der Waals surface area contributed by atoms with Crippen molar-refractivity contribution in [3.63, 3.8) is 0 Å². The molecule has 4 aromatic rings. The van der Waals surface area contributed by atoms with Crippen LogP contribution in [0, 0.1) is 0 Å². The summed E-state index contributed by atoms with van der Waals surface area (Å²) in [4.78, 5) is 2.20. The molecule has 0 saturated carbocycles. The van der Waals surface area contributed by atoms with Gasteiger partial charge in [0.25, 0.3) is 0 Å². The molecule has 0 atom stereocenters. The first-order valence-corrected chi connectivity index (χ1v) is 7.03. The first kappa shape index (κ1) is 12.0. The van der Waals surface area contributed by atoms with E-state index in [1.807, 2.05) is 30.3 Å². The third-order valence-electron chi connectivity index (χ3n) is 3.89. The van der Waals surface area contributed by atoms with E-state index in [2.05, 4.69) is 54.4 Å². The third-order valence-corrected chi connectivity index (χ3v) is 3.89. The van der Waals surface area contributed by atoms with Gasteiger partial charge in [-0.3, -0.25) is 0 Å². The van der Waals surface area contributed by atoms with Crippen LogP contribution in [0.15, 0.2) is 77.2 Å². The highest BCUT2D eigenvalue weighted by Crippen LogP contribution is 2.37. The summed E-state index contributed by atoms with van der Waals surface area (Å²) in [6.45, 7) is 0. The van der Waals surface area contributed by atoms with Gasteiger partial charge in [0.15, 0.2) is 0 Å². The van der Waals surface area contributed by atoms with Gasteiger partial charge >= 0.3 is 0 Å². The Kier molecular flexibility index (Phi) is 2.68. The Hall–Kier alpha value is -2.74. The summed E-state index contributed by atoms with van der Waals surface area (Å²) >= 11 is 0. The van der Waals surface area contributed by atoms with E-state index < -0.39 is 0 Å². The molecule has 0 aliphatic carbocycles. The van der Waals surface area contributed by atoms with E-state index >= 15 is 0 Å². The van der Waals surface area contributed by atoms with Gasteiger partial charge in [0.05, 0.1) is 11.1 Å².